The second kappa shape index (κ2) is 12.5. The molecular formula is C23H28Cl2N2O3. The largest absolute Gasteiger partial charge is 0.482 e. The van der Waals surface area contributed by atoms with E-state index in [0.717, 1.165) is 24.8 Å². The highest BCUT2D eigenvalue weighted by atomic mass is 35.5. The summed E-state index contributed by atoms with van der Waals surface area (Å²) in [6.07, 6.45) is 3.04. The highest BCUT2D eigenvalue weighted by molar-refractivity contribution is 6.32. The summed E-state index contributed by atoms with van der Waals surface area (Å²) in [6.45, 7) is 4.47. The van der Waals surface area contributed by atoms with Crippen LogP contribution in [0.2, 0.25) is 10.0 Å². The first-order valence-corrected chi connectivity index (χ1v) is 10.9. The van der Waals surface area contributed by atoms with Gasteiger partial charge in [-0.2, -0.15) is 0 Å². The molecule has 2 aromatic rings. The molecule has 30 heavy (non-hydrogen) atoms. The summed E-state index contributed by atoms with van der Waals surface area (Å²) >= 11 is 12.1. The summed E-state index contributed by atoms with van der Waals surface area (Å²) in [4.78, 5) is 27.1. The molecule has 5 nitrogen and oxygen atoms in total. The number of para-hydroxylation sites is 1. The zero-order valence-electron chi connectivity index (χ0n) is 17.4. The number of nitrogens with one attached hydrogen (secondary N) is 1. The van der Waals surface area contributed by atoms with Crippen molar-refractivity contribution in [1.82, 2.24) is 10.2 Å². The number of halogens is 2. The van der Waals surface area contributed by atoms with Gasteiger partial charge in [-0.25, -0.2) is 0 Å². The Morgan fingerprint density at radius 2 is 1.77 bits per heavy atom. The minimum atomic E-state index is -0.648. The van der Waals surface area contributed by atoms with Gasteiger partial charge in [0.25, 0.3) is 5.91 Å². The van der Waals surface area contributed by atoms with Gasteiger partial charge in [-0.15, -0.1) is 0 Å². The molecular weight excluding hydrogens is 423 g/mol. The molecule has 0 spiro atoms. The molecule has 0 aromatic heterocycles. The molecule has 1 N–H and O–H groups in total. The van der Waals surface area contributed by atoms with Crippen molar-refractivity contribution >= 4 is 35.0 Å². The Balaban J connectivity index is 2.08. The number of ether oxygens (including phenoxy) is 1. The van der Waals surface area contributed by atoms with Crippen molar-refractivity contribution in [3.05, 3.63) is 64.1 Å². The van der Waals surface area contributed by atoms with E-state index in [1.807, 2.05) is 12.1 Å². The van der Waals surface area contributed by atoms with E-state index in [1.54, 1.807) is 43.3 Å². The smallest absolute Gasteiger partial charge is 0.261 e. The first kappa shape index (κ1) is 24.0. The van der Waals surface area contributed by atoms with Crippen LogP contribution in [0.3, 0.4) is 0 Å². The van der Waals surface area contributed by atoms with Gasteiger partial charge in [0.1, 0.15) is 11.8 Å². The van der Waals surface area contributed by atoms with Crippen LogP contribution < -0.4 is 10.1 Å². The van der Waals surface area contributed by atoms with E-state index in [1.165, 1.54) is 4.90 Å². The lowest BCUT2D eigenvalue weighted by Crippen LogP contribution is -2.49. The lowest BCUT2D eigenvalue weighted by molar-refractivity contribution is -0.142. The third kappa shape index (κ3) is 7.54. The van der Waals surface area contributed by atoms with Crippen molar-refractivity contribution in [1.29, 1.82) is 0 Å². The predicted octanol–water partition coefficient (Wildman–Crippen LogP) is 5.10. The highest BCUT2D eigenvalue weighted by Gasteiger charge is 2.26. The van der Waals surface area contributed by atoms with Crippen LogP contribution in [0, 0.1) is 0 Å². The van der Waals surface area contributed by atoms with Crippen LogP contribution in [0.4, 0.5) is 0 Å². The molecule has 7 heteroatoms. The summed E-state index contributed by atoms with van der Waals surface area (Å²) in [7, 11) is 0. The number of hydrogen-bond acceptors (Lipinski definition) is 3. The molecule has 0 unspecified atom stereocenters. The van der Waals surface area contributed by atoms with Crippen molar-refractivity contribution in [2.75, 3.05) is 13.2 Å². The molecule has 0 saturated carbocycles. The second-order valence-corrected chi connectivity index (χ2v) is 7.88. The van der Waals surface area contributed by atoms with Gasteiger partial charge in [-0.05, 0) is 43.2 Å². The molecule has 2 rings (SSSR count). The van der Waals surface area contributed by atoms with Gasteiger partial charge >= 0.3 is 0 Å². The monoisotopic (exact) mass is 450 g/mol. The minimum Gasteiger partial charge on any atom is -0.482 e. The fraction of sp³-hybridized carbons (Fsp3) is 0.391. The Kier molecular flexibility index (Phi) is 9.98. The predicted molar refractivity (Wildman–Crippen MR) is 121 cm³/mol. The summed E-state index contributed by atoms with van der Waals surface area (Å²) in [5, 5.41) is 3.95. The van der Waals surface area contributed by atoms with E-state index in [-0.39, 0.29) is 25.0 Å². The van der Waals surface area contributed by atoms with Crippen LogP contribution >= 0.6 is 23.2 Å². The Morgan fingerprint density at radius 3 is 2.43 bits per heavy atom. The molecule has 0 aliphatic heterocycles. The first-order chi connectivity index (χ1) is 14.4. The zero-order chi connectivity index (χ0) is 21.9. The number of amides is 2. The molecule has 0 heterocycles. The summed E-state index contributed by atoms with van der Waals surface area (Å²) in [6, 6.07) is 13.5. The fourth-order valence-corrected chi connectivity index (χ4v) is 3.20. The van der Waals surface area contributed by atoms with Gasteiger partial charge in [0.15, 0.2) is 6.61 Å². The minimum absolute atomic E-state index is 0.189. The number of unbranched alkanes of at least 4 members (excludes halogenated alkanes) is 2. The lowest BCUT2D eigenvalue weighted by Gasteiger charge is -2.29. The molecule has 0 bridgehead atoms. The molecule has 1 atom stereocenters. The van der Waals surface area contributed by atoms with Gasteiger partial charge in [0.05, 0.1) is 5.02 Å². The topological polar surface area (TPSA) is 58.6 Å². The summed E-state index contributed by atoms with van der Waals surface area (Å²) in [5.41, 5.74) is 0.871. The van der Waals surface area contributed by atoms with Crippen LogP contribution in [0.15, 0.2) is 48.5 Å². The number of carbonyl (C=O) groups excluding carboxylic acids is 2. The van der Waals surface area contributed by atoms with Crippen LogP contribution in [-0.4, -0.2) is 35.9 Å². The van der Waals surface area contributed by atoms with Crippen molar-refractivity contribution < 1.29 is 14.3 Å². The maximum absolute atomic E-state index is 13.0. The number of carbonyl (C=O) groups is 2. The van der Waals surface area contributed by atoms with Gasteiger partial charge in [0.2, 0.25) is 5.91 Å². The van der Waals surface area contributed by atoms with E-state index in [0.29, 0.717) is 22.3 Å². The van der Waals surface area contributed by atoms with Crippen molar-refractivity contribution in [3.8, 4) is 5.75 Å². The van der Waals surface area contributed by atoms with E-state index in [9.17, 15) is 9.59 Å². The zero-order valence-corrected chi connectivity index (χ0v) is 18.9. The number of nitrogens with zero attached hydrogens (tertiary/aromatic N) is 1. The average molecular weight is 451 g/mol. The molecule has 0 aliphatic carbocycles. The van der Waals surface area contributed by atoms with Gasteiger partial charge < -0.3 is 15.0 Å². The molecule has 0 saturated heterocycles. The highest BCUT2D eigenvalue weighted by Crippen LogP contribution is 2.23. The quantitative estimate of drug-likeness (QED) is 0.484. The Labute approximate surface area is 188 Å². The summed E-state index contributed by atoms with van der Waals surface area (Å²) < 4.78 is 5.60. The molecule has 0 fully saturated rings. The van der Waals surface area contributed by atoms with E-state index >= 15 is 0 Å². The van der Waals surface area contributed by atoms with Crippen LogP contribution in [0.1, 0.15) is 38.7 Å². The Hall–Kier alpha value is -2.24. The second-order valence-electron chi connectivity index (χ2n) is 7.04. The maximum Gasteiger partial charge on any atom is 0.261 e. The summed E-state index contributed by atoms with van der Waals surface area (Å²) in [5.74, 6) is -0.0668. The van der Waals surface area contributed by atoms with Gasteiger partial charge in [0, 0.05) is 18.1 Å². The van der Waals surface area contributed by atoms with Crippen LogP contribution in [0.5, 0.6) is 5.75 Å². The van der Waals surface area contributed by atoms with Crippen LogP contribution in [0.25, 0.3) is 0 Å². The molecule has 162 valence electrons. The maximum atomic E-state index is 13.0. The average Bonchev–Trinajstić information content (AvgIpc) is 2.75. The van der Waals surface area contributed by atoms with Crippen LogP contribution in [-0.2, 0) is 16.1 Å². The Bertz CT molecular complexity index is 827. The normalized spacial score (nSPS) is 11.6. The number of rotatable bonds is 11. The van der Waals surface area contributed by atoms with E-state index in [2.05, 4.69) is 12.2 Å². The third-order valence-electron chi connectivity index (χ3n) is 4.70. The van der Waals surface area contributed by atoms with Gasteiger partial charge in [-0.1, -0.05) is 67.2 Å². The first-order valence-electron chi connectivity index (χ1n) is 10.1. The van der Waals surface area contributed by atoms with Crippen molar-refractivity contribution in [3.63, 3.8) is 0 Å². The van der Waals surface area contributed by atoms with Crippen molar-refractivity contribution in [2.24, 2.45) is 0 Å². The Morgan fingerprint density at radius 1 is 1.07 bits per heavy atom. The fourth-order valence-electron chi connectivity index (χ4n) is 2.89. The standard InChI is InChI=1S/C23H28Cl2N2O3/c1-3-4-7-14-26-23(29)17(2)27(15-18-10-12-19(24)13-11-18)22(28)16-30-21-9-6-5-8-20(21)25/h5-6,8-13,17H,3-4,7,14-16H2,1-2H3,(H,26,29)/t17-/m0/s1. The number of hydrogen-bond donors (Lipinski definition) is 1. The molecule has 0 aliphatic rings. The molecule has 2 amide bonds. The third-order valence-corrected chi connectivity index (χ3v) is 5.27. The molecule has 0 radical (unpaired) electrons. The SMILES string of the molecule is CCCCCNC(=O)[C@H](C)N(Cc1ccc(Cl)cc1)C(=O)COc1ccccc1Cl. The van der Waals surface area contributed by atoms with E-state index < -0.39 is 6.04 Å². The number of benzene rings is 2. The van der Waals surface area contributed by atoms with Crippen molar-refractivity contribution in [2.45, 2.75) is 45.7 Å². The molecule has 2 aromatic carbocycles. The van der Waals surface area contributed by atoms with E-state index in [4.69, 9.17) is 27.9 Å². The van der Waals surface area contributed by atoms with Gasteiger partial charge in [-0.3, -0.25) is 9.59 Å². The lowest BCUT2D eigenvalue weighted by atomic mass is 10.1.